The standard InChI is InChI=1S/C25H22N4O2/c1-16-11-12-18-14-22(17(2)26-23(18)13-16)24(30)27-20-9-6-10-21(15-20)29-25(31)28-19-7-4-3-5-8-19/h3-15H,1-2H3,(H,27,30)(H2,28,29,31). The quantitative estimate of drug-likeness (QED) is 0.401. The number of amides is 3. The maximum Gasteiger partial charge on any atom is 0.323 e. The summed E-state index contributed by atoms with van der Waals surface area (Å²) in [6.07, 6.45) is 0. The monoisotopic (exact) mass is 410 g/mol. The average molecular weight is 410 g/mol. The van der Waals surface area contributed by atoms with Crippen LogP contribution in [0.3, 0.4) is 0 Å². The zero-order valence-electron chi connectivity index (χ0n) is 17.3. The van der Waals surface area contributed by atoms with Gasteiger partial charge in [0.05, 0.1) is 16.8 Å². The molecule has 3 N–H and O–H groups in total. The van der Waals surface area contributed by atoms with E-state index in [-0.39, 0.29) is 11.9 Å². The summed E-state index contributed by atoms with van der Waals surface area (Å²) in [6, 6.07) is 23.6. The molecule has 0 radical (unpaired) electrons. The first kappa shape index (κ1) is 20.1. The highest BCUT2D eigenvalue weighted by molar-refractivity contribution is 6.07. The highest BCUT2D eigenvalue weighted by atomic mass is 16.2. The van der Waals surface area contributed by atoms with Crippen LogP contribution in [0, 0.1) is 13.8 Å². The molecule has 0 spiro atoms. The molecule has 0 bridgehead atoms. The zero-order chi connectivity index (χ0) is 21.8. The van der Waals surface area contributed by atoms with Crippen molar-refractivity contribution in [3.05, 3.63) is 95.7 Å². The average Bonchev–Trinajstić information content (AvgIpc) is 2.74. The summed E-state index contributed by atoms with van der Waals surface area (Å²) < 4.78 is 0. The smallest absolute Gasteiger partial charge is 0.322 e. The SMILES string of the molecule is Cc1ccc2cc(C(=O)Nc3cccc(NC(=O)Nc4ccccc4)c3)c(C)nc2c1. The summed E-state index contributed by atoms with van der Waals surface area (Å²) in [6.45, 7) is 3.83. The van der Waals surface area contributed by atoms with Gasteiger partial charge < -0.3 is 16.0 Å². The van der Waals surface area contributed by atoms with Gasteiger partial charge in [-0.1, -0.05) is 36.4 Å². The number of hydrogen-bond acceptors (Lipinski definition) is 3. The molecule has 6 heteroatoms. The van der Waals surface area contributed by atoms with Crippen molar-refractivity contribution in [3.63, 3.8) is 0 Å². The second kappa shape index (κ2) is 8.67. The van der Waals surface area contributed by atoms with Crippen LogP contribution >= 0.6 is 0 Å². The number of carbonyl (C=O) groups is 2. The Morgan fingerprint density at radius 2 is 1.39 bits per heavy atom. The molecule has 0 saturated heterocycles. The summed E-state index contributed by atoms with van der Waals surface area (Å²) in [5.74, 6) is -0.252. The molecule has 1 heterocycles. The van der Waals surface area contributed by atoms with E-state index in [2.05, 4.69) is 20.9 Å². The Balaban J connectivity index is 1.48. The van der Waals surface area contributed by atoms with Gasteiger partial charge in [0.1, 0.15) is 0 Å². The molecule has 0 aliphatic rings. The largest absolute Gasteiger partial charge is 0.323 e. The van der Waals surface area contributed by atoms with Gasteiger partial charge in [0.2, 0.25) is 0 Å². The highest BCUT2D eigenvalue weighted by Gasteiger charge is 2.13. The lowest BCUT2D eigenvalue weighted by atomic mass is 10.1. The van der Waals surface area contributed by atoms with Crippen molar-refractivity contribution in [1.29, 1.82) is 0 Å². The number of hydrogen-bond donors (Lipinski definition) is 3. The minimum Gasteiger partial charge on any atom is -0.322 e. The van der Waals surface area contributed by atoms with E-state index in [1.807, 2.05) is 56.3 Å². The molecule has 4 aromatic rings. The molecule has 6 nitrogen and oxygen atoms in total. The third-order valence-electron chi connectivity index (χ3n) is 4.82. The molecule has 0 saturated carbocycles. The summed E-state index contributed by atoms with van der Waals surface area (Å²) in [5, 5.41) is 9.33. The Morgan fingerprint density at radius 3 is 2.16 bits per heavy atom. The predicted octanol–water partition coefficient (Wildman–Crippen LogP) is 5.75. The van der Waals surface area contributed by atoms with Crippen molar-refractivity contribution in [1.82, 2.24) is 4.98 Å². The van der Waals surface area contributed by atoms with Crippen LogP contribution in [0.2, 0.25) is 0 Å². The van der Waals surface area contributed by atoms with Crippen molar-refractivity contribution in [3.8, 4) is 0 Å². The van der Waals surface area contributed by atoms with E-state index in [4.69, 9.17) is 0 Å². The highest BCUT2D eigenvalue weighted by Crippen LogP contribution is 2.21. The first-order valence-corrected chi connectivity index (χ1v) is 9.90. The summed E-state index contributed by atoms with van der Waals surface area (Å²) in [7, 11) is 0. The molecule has 3 amide bonds. The molecule has 3 aromatic carbocycles. The predicted molar refractivity (Wildman–Crippen MR) is 125 cm³/mol. The number of aromatic nitrogens is 1. The molecular weight excluding hydrogens is 388 g/mol. The van der Waals surface area contributed by atoms with E-state index in [0.29, 0.717) is 28.3 Å². The maximum atomic E-state index is 12.9. The Labute approximate surface area is 180 Å². The van der Waals surface area contributed by atoms with Crippen molar-refractivity contribution >= 4 is 39.9 Å². The third-order valence-corrected chi connectivity index (χ3v) is 4.82. The molecule has 0 atom stereocenters. The van der Waals surface area contributed by atoms with E-state index in [1.54, 1.807) is 36.4 Å². The van der Waals surface area contributed by atoms with Crippen LogP contribution in [0.15, 0.2) is 78.9 Å². The number of benzene rings is 3. The number of anilines is 3. The van der Waals surface area contributed by atoms with E-state index in [0.717, 1.165) is 16.5 Å². The molecule has 31 heavy (non-hydrogen) atoms. The number of rotatable bonds is 4. The Kier molecular flexibility index (Phi) is 5.62. The van der Waals surface area contributed by atoms with Crippen LogP contribution in [-0.4, -0.2) is 16.9 Å². The summed E-state index contributed by atoms with van der Waals surface area (Å²) >= 11 is 0. The van der Waals surface area contributed by atoms with Gasteiger partial charge in [-0.15, -0.1) is 0 Å². The number of nitrogens with one attached hydrogen (secondary N) is 3. The number of urea groups is 1. The maximum absolute atomic E-state index is 12.9. The number of carbonyl (C=O) groups excluding carboxylic acids is 2. The minimum absolute atomic E-state index is 0.252. The Morgan fingerprint density at radius 1 is 0.710 bits per heavy atom. The van der Waals surface area contributed by atoms with Crippen LogP contribution in [0.1, 0.15) is 21.6 Å². The Bertz CT molecular complexity index is 1270. The Hall–Kier alpha value is -4.19. The fourth-order valence-electron chi connectivity index (χ4n) is 3.29. The fraction of sp³-hybridized carbons (Fsp3) is 0.0800. The molecule has 0 unspecified atom stereocenters. The lowest BCUT2D eigenvalue weighted by Gasteiger charge is -2.11. The van der Waals surface area contributed by atoms with Gasteiger partial charge in [0.15, 0.2) is 0 Å². The molecular formula is C25H22N4O2. The minimum atomic E-state index is -0.362. The van der Waals surface area contributed by atoms with E-state index in [1.165, 1.54) is 0 Å². The summed E-state index contributed by atoms with van der Waals surface area (Å²) in [5.41, 5.74) is 4.99. The number of pyridine rings is 1. The molecule has 1 aromatic heterocycles. The molecule has 0 fully saturated rings. The number of fused-ring (bicyclic) bond motifs is 1. The number of aryl methyl sites for hydroxylation is 2. The fourth-order valence-corrected chi connectivity index (χ4v) is 3.29. The van der Waals surface area contributed by atoms with Gasteiger partial charge >= 0.3 is 6.03 Å². The van der Waals surface area contributed by atoms with Gasteiger partial charge in [-0.05, 0) is 61.9 Å². The van der Waals surface area contributed by atoms with Crippen LogP contribution in [-0.2, 0) is 0 Å². The van der Waals surface area contributed by atoms with Crippen LogP contribution < -0.4 is 16.0 Å². The first-order valence-electron chi connectivity index (χ1n) is 9.90. The number of para-hydroxylation sites is 1. The molecule has 0 aliphatic heterocycles. The van der Waals surface area contributed by atoms with Gasteiger partial charge in [-0.2, -0.15) is 0 Å². The van der Waals surface area contributed by atoms with Crippen molar-refractivity contribution < 1.29 is 9.59 Å². The van der Waals surface area contributed by atoms with Crippen LogP contribution in [0.4, 0.5) is 21.9 Å². The molecule has 4 rings (SSSR count). The van der Waals surface area contributed by atoms with Crippen LogP contribution in [0.5, 0.6) is 0 Å². The van der Waals surface area contributed by atoms with Crippen molar-refractivity contribution in [2.75, 3.05) is 16.0 Å². The van der Waals surface area contributed by atoms with Crippen LogP contribution in [0.25, 0.3) is 10.9 Å². The lowest BCUT2D eigenvalue weighted by Crippen LogP contribution is -2.19. The van der Waals surface area contributed by atoms with E-state index < -0.39 is 0 Å². The van der Waals surface area contributed by atoms with Gasteiger partial charge in [0.25, 0.3) is 5.91 Å². The number of nitrogens with zero attached hydrogens (tertiary/aromatic N) is 1. The topological polar surface area (TPSA) is 83.1 Å². The van der Waals surface area contributed by atoms with E-state index >= 15 is 0 Å². The second-order valence-electron chi connectivity index (χ2n) is 7.30. The van der Waals surface area contributed by atoms with Crippen molar-refractivity contribution in [2.45, 2.75) is 13.8 Å². The van der Waals surface area contributed by atoms with Crippen molar-refractivity contribution in [2.24, 2.45) is 0 Å². The van der Waals surface area contributed by atoms with Gasteiger partial charge in [-0.25, -0.2) is 4.79 Å². The van der Waals surface area contributed by atoms with Gasteiger partial charge in [0, 0.05) is 22.4 Å². The first-order chi connectivity index (χ1) is 15.0. The zero-order valence-corrected chi connectivity index (χ0v) is 17.3. The molecule has 154 valence electrons. The second-order valence-corrected chi connectivity index (χ2v) is 7.30. The van der Waals surface area contributed by atoms with Gasteiger partial charge in [-0.3, -0.25) is 9.78 Å². The van der Waals surface area contributed by atoms with E-state index in [9.17, 15) is 9.59 Å². The summed E-state index contributed by atoms with van der Waals surface area (Å²) in [4.78, 5) is 29.7. The lowest BCUT2D eigenvalue weighted by molar-refractivity contribution is 0.102. The third kappa shape index (κ3) is 4.87. The normalized spacial score (nSPS) is 10.5. The molecule has 0 aliphatic carbocycles.